The maximum absolute atomic E-state index is 12.1. The molecular weight excluding hydrogens is 523 g/mol. The van der Waals surface area contributed by atoms with Crippen molar-refractivity contribution >= 4 is 24.3 Å². The second kappa shape index (κ2) is 14.4. The molecule has 2 saturated heterocycles. The van der Waals surface area contributed by atoms with Crippen molar-refractivity contribution in [3.8, 4) is 0 Å². The summed E-state index contributed by atoms with van der Waals surface area (Å²) in [5.74, 6) is -0.173. The molecule has 0 spiro atoms. The Kier molecular flexibility index (Phi) is 12.7. The van der Waals surface area contributed by atoms with Crippen LogP contribution >= 0.6 is 0 Å². The Morgan fingerprint density at radius 1 is 1.06 bits per heavy atom. The number of rotatable bonds is 13. The fourth-order valence-electron chi connectivity index (χ4n) is 3.96. The molecule has 10 heteroatoms. The molecule has 5 atom stereocenters. The molecule has 0 aromatic carbocycles. The Morgan fingerprint density at radius 3 is 2.22 bits per heavy atom. The number of amides is 1. The van der Waals surface area contributed by atoms with E-state index in [0.717, 1.165) is 38.5 Å². The van der Waals surface area contributed by atoms with Crippen LogP contribution in [0.25, 0.3) is 0 Å². The van der Waals surface area contributed by atoms with E-state index in [9.17, 15) is 15.0 Å². The Morgan fingerprint density at radius 2 is 1.69 bits per heavy atom. The van der Waals surface area contributed by atoms with Crippen LogP contribution in [0.15, 0.2) is 0 Å². The van der Waals surface area contributed by atoms with Crippen LogP contribution < -0.4 is 5.43 Å². The number of nitrogens with zero attached hydrogens (tertiary/aromatic N) is 1. The van der Waals surface area contributed by atoms with Crippen molar-refractivity contribution < 1.29 is 34.0 Å². The molecule has 9 nitrogen and oxygen atoms in total. The number of aliphatic hydroxyl groups is 2. The predicted octanol–water partition coefficient (Wildman–Crippen LogP) is 1.78. The first kappa shape index (κ1) is 28.2. The zero-order chi connectivity index (χ0) is 23.6. The molecule has 0 aromatic heterocycles. The first-order valence-electron chi connectivity index (χ1n) is 12.1. The van der Waals surface area contributed by atoms with Crippen LogP contribution in [0.3, 0.4) is 0 Å². The van der Waals surface area contributed by atoms with E-state index in [1.807, 2.05) is 0 Å². The summed E-state index contributed by atoms with van der Waals surface area (Å²) in [6.07, 6.45) is 3.94. The van der Waals surface area contributed by atoms with Crippen molar-refractivity contribution in [3.63, 3.8) is 0 Å². The summed E-state index contributed by atoms with van der Waals surface area (Å²) in [6.45, 7) is 3.53. The minimum atomic E-state index is -2.73. The van der Waals surface area contributed by atoms with Gasteiger partial charge >= 0.3 is 197 Å². The summed E-state index contributed by atoms with van der Waals surface area (Å²) in [5, 5.41) is 23.2. The van der Waals surface area contributed by atoms with Gasteiger partial charge in [0.05, 0.1) is 0 Å². The summed E-state index contributed by atoms with van der Waals surface area (Å²) >= 11 is -2.73. The van der Waals surface area contributed by atoms with Crippen LogP contribution in [0.5, 0.6) is 0 Å². The summed E-state index contributed by atoms with van der Waals surface area (Å²) < 4.78 is 22.9. The van der Waals surface area contributed by atoms with Gasteiger partial charge < -0.3 is 0 Å². The number of hydrogen-bond acceptors (Lipinski definition) is 8. The second-order valence-corrected chi connectivity index (χ2v) is 25.0. The Labute approximate surface area is 196 Å². The van der Waals surface area contributed by atoms with Crippen LogP contribution in [0.2, 0.25) is 14.8 Å². The van der Waals surface area contributed by atoms with Crippen molar-refractivity contribution in [3.05, 3.63) is 0 Å². The van der Waals surface area contributed by atoms with E-state index in [1.54, 1.807) is 11.9 Å². The average Bonchev–Trinajstić information content (AvgIpc) is 2.76. The van der Waals surface area contributed by atoms with Crippen molar-refractivity contribution in [2.75, 3.05) is 32.9 Å². The van der Waals surface area contributed by atoms with Gasteiger partial charge in [0.25, 0.3) is 0 Å². The van der Waals surface area contributed by atoms with Gasteiger partial charge in [0.15, 0.2) is 0 Å². The molecule has 0 aromatic rings. The van der Waals surface area contributed by atoms with Crippen LogP contribution in [-0.2, 0) is 23.7 Å². The quantitative estimate of drug-likeness (QED) is 0.229. The van der Waals surface area contributed by atoms with Gasteiger partial charge in [-0.2, -0.15) is 0 Å². The minimum absolute atomic E-state index is 0.105. The molecule has 2 aliphatic rings. The Balaban J connectivity index is 1.94. The fourth-order valence-corrected chi connectivity index (χ4v) is 9.16. The number of hydrazine groups is 1. The van der Waals surface area contributed by atoms with Gasteiger partial charge in [-0.1, -0.05) is 0 Å². The van der Waals surface area contributed by atoms with Crippen LogP contribution in [0.1, 0.15) is 51.9 Å². The predicted molar refractivity (Wildman–Crippen MR) is 123 cm³/mol. The fraction of sp³-hybridized carbons (Fsp3) is 0.955. The number of carbonyl (C=O) groups is 1. The van der Waals surface area contributed by atoms with E-state index in [-0.39, 0.29) is 42.3 Å². The third kappa shape index (κ3) is 10.5. The molecule has 5 unspecified atom stereocenters. The first-order chi connectivity index (χ1) is 15.2. The summed E-state index contributed by atoms with van der Waals surface area (Å²) in [5.41, 5.74) is 2.80. The van der Waals surface area contributed by atoms with Gasteiger partial charge in [0, 0.05) is 0 Å². The molecule has 188 valence electrons. The molecular formula is C22H44N2O7Sn. The normalized spacial score (nSPS) is 25.3. The summed E-state index contributed by atoms with van der Waals surface area (Å²) in [7, 11) is 0. The molecule has 2 heterocycles. The van der Waals surface area contributed by atoms with Crippen molar-refractivity contribution in [2.45, 2.75) is 95.6 Å². The molecule has 2 fully saturated rings. The Hall–Kier alpha value is -0.0113. The molecule has 3 N–H and O–H groups in total. The van der Waals surface area contributed by atoms with Gasteiger partial charge in [-0.15, -0.1) is 0 Å². The van der Waals surface area contributed by atoms with E-state index < -0.39 is 30.6 Å². The molecule has 32 heavy (non-hydrogen) atoms. The van der Waals surface area contributed by atoms with Crippen molar-refractivity contribution in [2.24, 2.45) is 0 Å². The van der Waals surface area contributed by atoms with Crippen LogP contribution in [0.4, 0.5) is 0 Å². The Bertz CT molecular complexity index is 537. The maximum atomic E-state index is 12.1. The van der Waals surface area contributed by atoms with Gasteiger partial charge in [0.2, 0.25) is 0 Å². The van der Waals surface area contributed by atoms with Crippen molar-refractivity contribution in [1.29, 1.82) is 0 Å². The molecule has 0 bridgehead atoms. The monoisotopic (exact) mass is 568 g/mol. The number of carbonyl (C=O) groups excluding carboxylic acids is 1. The van der Waals surface area contributed by atoms with E-state index in [1.165, 1.54) is 0 Å². The van der Waals surface area contributed by atoms with E-state index in [0.29, 0.717) is 19.6 Å². The van der Waals surface area contributed by atoms with E-state index in [2.05, 4.69) is 20.2 Å². The van der Waals surface area contributed by atoms with Gasteiger partial charge in [-0.05, 0) is 0 Å². The molecule has 0 aliphatic carbocycles. The van der Waals surface area contributed by atoms with Gasteiger partial charge in [-0.3, -0.25) is 0 Å². The van der Waals surface area contributed by atoms with Gasteiger partial charge in [-0.25, -0.2) is 0 Å². The standard InChI is InChI=1S/C19H35N2O7.3CH3.Sn/c1-2-17(24)20-21(11-15(22)13-27-18-7-3-5-9-25-18)12-16(23)14-28-19-8-4-6-10-26-19;;;;/h13,15-16,18-19,22-23H,2-12,14H2,1H3,(H,20,24);3*1H3;. The average molecular weight is 567 g/mol. The second-order valence-electron chi connectivity index (χ2n) is 9.86. The van der Waals surface area contributed by atoms with E-state index in [4.69, 9.17) is 18.9 Å². The molecule has 1 amide bonds. The molecule has 0 saturated carbocycles. The SMILES string of the molecule is CCC(=O)NN(CC(O)COC1CCCCO1)CC(O)[CH](OC1CCCCO1)[Sn]([CH3])([CH3])[CH3]. The van der Waals surface area contributed by atoms with Gasteiger partial charge in [0.1, 0.15) is 0 Å². The zero-order valence-electron chi connectivity index (χ0n) is 20.3. The third-order valence-corrected chi connectivity index (χ3v) is 12.1. The number of ether oxygens (including phenoxy) is 4. The molecule has 2 aliphatic heterocycles. The number of hydrogen-bond donors (Lipinski definition) is 3. The molecule has 2 rings (SSSR count). The zero-order valence-corrected chi connectivity index (χ0v) is 23.1. The molecule has 0 radical (unpaired) electrons. The third-order valence-electron chi connectivity index (χ3n) is 5.69. The van der Waals surface area contributed by atoms with Crippen LogP contribution in [-0.4, -0.2) is 101 Å². The number of nitrogens with one attached hydrogen (secondary N) is 1. The number of aliphatic hydroxyl groups excluding tert-OH is 2. The van der Waals surface area contributed by atoms with Crippen LogP contribution in [0, 0.1) is 0 Å². The summed E-state index contributed by atoms with van der Waals surface area (Å²) in [6, 6.07) is 0. The van der Waals surface area contributed by atoms with Crippen molar-refractivity contribution in [1.82, 2.24) is 10.4 Å². The van der Waals surface area contributed by atoms with E-state index >= 15 is 0 Å². The first-order valence-corrected chi connectivity index (χ1v) is 22.3. The summed E-state index contributed by atoms with van der Waals surface area (Å²) in [4.78, 5) is 18.7. The topological polar surface area (TPSA) is 110 Å².